The lowest BCUT2D eigenvalue weighted by Gasteiger charge is -2.25. The van der Waals surface area contributed by atoms with Crippen LogP contribution in [0.3, 0.4) is 0 Å². The third-order valence-corrected chi connectivity index (χ3v) is 4.00. The van der Waals surface area contributed by atoms with E-state index in [0.29, 0.717) is 17.9 Å². The molecule has 0 saturated carbocycles. The van der Waals surface area contributed by atoms with E-state index >= 15 is 0 Å². The third kappa shape index (κ3) is 3.64. The Morgan fingerprint density at radius 3 is 3.05 bits per heavy atom. The Bertz CT molecular complexity index is 444. The zero-order valence-corrected chi connectivity index (χ0v) is 11.8. The topological polar surface area (TPSA) is 58.6 Å². The van der Waals surface area contributed by atoms with E-state index in [-0.39, 0.29) is 6.04 Å². The summed E-state index contributed by atoms with van der Waals surface area (Å²) >= 11 is 1.55. The molecule has 4 nitrogen and oxygen atoms in total. The number of carboxylic acid groups (broad SMARTS) is 1. The molecule has 1 aromatic rings. The van der Waals surface area contributed by atoms with E-state index in [4.69, 9.17) is 4.74 Å². The van der Waals surface area contributed by atoms with Gasteiger partial charge in [-0.2, -0.15) is 0 Å². The maximum absolute atomic E-state index is 11.5. The molecule has 1 aliphatic heterocycles. The molecule has 0 radical (unpaired) electrons. The van der Waals surface area contributed by atoms with Crippen molar-refractivity contribution < 1.29 is 14.6 Å². The second-order valence-corrected chi connectivity index (χ2v) is 5.78. The number of rotatable bonds is 5. The van der Waals surface area contributed by atoms with Crippen molar-refractivity contribution in [3.8, 4) is 0 Å². The number of nitrogens with one attached hydrogen (secondary N) is 1. The van der Waals surface area contributed by atoms with Gasteiger partial charge in [0.15, 0.2) is 0 Å². The van der Waals surface area contributed by atoms with Crippen LogP contribution in [0.1, 0.15) is 30.1 Å². The number of benzene rings is 1. The Morgan fingerprint density at radius 1 is 1.58 bits per heavy atom. The highest BCUT2D eigenvalue weighted by Crippen LogP contribution is 2.29. The van der Waals surface area contributed by atoms with E-state index in [2.05, 4.69) is 5.32 Å². The van der Waals surface area contributed by atoms with Gasteiger partial charge in [-0.05, 0) is 30.7 Å². The summed E-state index contributed by atoms with van der Waals surface area (Å²) in [5.74, 6) is -0.0215. The zero-order valence-electron chi connectivity index (χ0n) is 11.0. The monoisotopic (exact) mass is 281 g/mol. The van der Waals surface area contributed by atoms with Crippen molar-refractivity contribution in [3.05, 3.63) is 23.8 Å². The van der Waals surface area contributed by atoms with Crippen LogP contribution in [0.2, 0.25) is 0 Å². The maximum Gasteiger partial charge on any atom is 0.338 e. The van der Waals surface area contributed by atoms with Gasteiger partial charge in [-0.15, -0.1) is 11.8 Å². The molecule has 1 aliphatic rings. The van der Waals surface area contributed by atoms with Gasteiger partial charge < -0.3 is 15.2 Å². The van der Waals surface area contributed by atoms with Crippen LogP contribution in [0, 0.1) is 0 Å². The molecule has 1 saturated heterocycles. The highest BCUT2D eigenvalue weighted by Gasteiger charge is 2.19. The van der Waals surface area contributed by atoms with Gasteiger partial charge in [-0.3, -0.25) is 0 Å². The first-order valence-electron chi connectivity index (χ1n) is 6.55. The molecule has 1 unspecified atom stereocenters. The summed E-state index contributed by atoms with van der Waals surface area (Å²) in [6, 6.07) is 5.79. The van der Waals surface area contributed by atoms with Crippen LogP contribution in [-0.4, -0.2) is 36.1 Å². The van der Waals surface area contributed by atoms with Gasteiger partial charge >= 0.3 is 5.97 Å². The van der Waals surface area contributed by atoms with E-state index in [1.165, 1.54) is 0 Å². The van der Waals surface area contributed by atoms with Crippen molar-refractivity contribution >= 4 is 23.4 Å². The Balaban J connectivity index is 2.22. The predicted molar refractivity (Wildman–Crippen MR) is 77.3 cm³/mol. The quantitative estimate of drug-likeness (QED) is 0.812. The largest absolute Gasteiger partial charge is 0.478 e. The fraction of sp³-hybridized carbons (Fsp3) is 0.500. The van der Waals surface area contributed by atoms with Crippen LogP contribution < -0.4 is 5.32 Å². The molecule has 1 atom stereocenters. The molecule has 19 heavy (non-hydrogen) atoms. The number of thioether (sulfide) groups is 1. The summed E-state index contributed by atoms with van der Waals surface area (Å²) in [6.45, 7) is 3.46. The summed E-state index contributed by atoms with van der Waals surface area (Å²) in [5, 5.41) is 12.7. The van der Waals surface area contributed by atoms with Gasteiger partial charge in [0.05, 0.1) is 17.9 Å². The number of anilines is 1. The summed E-state index contributed by atoms with van der Waals surface area (Å²) in [7, 11) is 0. The van der Waals surface area contributed by atoms with Crippen molar-refractivity contribution in [1.82, 2.24) is 0 Å². The van der Waals surface area contributed by atoms with Crippen LogP contribution >= 0.6 is 11.8 Å². The fourth-order valence-corrected chi connectivity index (χ4v) is 3.05. The van der Waals surface area contributed by atoms with E-state index in [9.17, 15) is 9.90 Å². The normalized spacial score (nSPS) is 19.1. The van der Waals surface area contributed by atoms with E-state index in [1.807, 2.05) is 25.1 Å². The number of hydrogen-bond donors (Lipinski definition) is 2. The number of hydrogen-bond acceptors (Lipinski definition) is 4. The van der Waals surface area contributed by atoms with E-state index < -0.39 is 5.97 Å². The van der Waals surface area contributed by atoms with Crippen molar-refractivity contribution in [2.45, 2.75) is 30.7 Å². The first kappa shape index (κ1) is 14.2. The van der Waals surface area contributed by atoms with Crippen LogP contribution in [0.15, 0.2) is 23.1 Å². The summed E-state index contributed by atoms with van der Waals surface area (Å²) in [5.41, 5.74) is 1.07. The van der Waals surface area contributed by atoms with Crippen molar-refractivity contribution in [1.29, 1.82) is 0 Å². The van der Waals surface area contributed by atoms with Crippen LogP contribution in [-0.2, 0) is 4.74 Å². The molecule has 0 amide bonds. The molecule has 104 valence electrons. The molecular weight excluding hydrogens is 262 g/mol. The van der Waals surface area contributed by atoms with Gasteiger partial charge in [-0.1, -0.05) is 13.0 Å². The number of ether oxygens (including phenoxy) is 1. The lowest BCUT2D eigenvalue weighted by atomic mass is 10.1. The number of aromatic carboxylic acids is 1. The molecule has 1 aromatic carbocycles. The Hall–Kier alpha value is -1.20. The Morgan fingerprint density at radius 2 is 2.42 bits per heavy atom. The van der Waals surface area contributed by atoms with Gasteiger partial charge in [0, 0.05) is 17.5 Å². The summed E-state index contributed by atoms with van der Waals surface area (Å²) < 4.78 is 5.42. The highest BCUT2D eigenvalue weighted by molar-refractivity contribution is 7.99. The Kier molecular flexibility index (Phi) is 5.10. The Labute approximate surface area is 117 Å². The van der Waals surface area contributed by atoms with E-state index in [1.54, 1.807) is 11.8 Å². The molecule has 5 heteroatoms. The average Bonchev–Trinajstić information content (AvgIpc) is 2.40. The number of carbonyl (C=O) groups is 1. The molecule has 2 rings (SSSR count). The molecular formula is C14H19NO3S. The van der Waals surface area contributed by atoms with E-state index in [0.717, 1.165) is 30.1 Å². The van der Waals surface area contributed by atoms with Gasteiger partial charge in [0.1, 0.15) is 0 Å². The molecule has 0 bridgehead atoms. The minimum atomic E-state index is -0.879. The first-order valence-corrected chi connectivity index (χ1v) is 7.54. The van der Waals surface area contributed by atoms with Crippen LogP contribution in [0.5, 0.6) is 0 Å². The summed E-state index contributed by atoms with van der Waals surface area (Å²) in [4.78, 5) is 12.3. The van der Waals surface area contributed by atoms with Crippen LogP contribution in [0.4, 0.5) is 5.69 Å². The standard InChI is InChI=1S/C14H19NO3S/c1-2-19-12-7-3-6-11(13(12)14(16)17)15-10-5-4-8-18-9-10/h3,6-7,10,15H,2,4-5,8-9H2,1H3,(H,16,17). The maximum atomic E-state index is 11.5. The molecule has 0 spiro atoms. The first-order chi connectivity index (χ1) is 9.22. The third-order valence-electron chi connectivity index (χ3n) is 3.06. The second-order valence-electron chi connectivity index (χ2n) is 4.48. The number of carboxylic acids is 1. The van der Waals surface area contributed by atoms with Crippen molar-refractivity contribution in [2.24, 2.45) is 0 Å². The molecule has 0 aliphatic carbocycles. The molecule has 2 N–H and O–H groups in total. The zero-order chi connectivity index (χ0) is 13.7. The lowest BCUT2D eigenvalue weighted by molar-refractivity contribution is 0.0693. The smallest absolute Gasteiger partial charge is 0.338 e. The van der Waals surface area contributed by atoms with Gasteiger partial charge in [0.2, 0.25) is 0 Å². The molecule has 1 fully saturated rings. The second kappa shape index (κ2) is 6.82. The fourth-order valence-electron chi connectivity index (χ4n) is 2.22. The van der Waals surface area contributed by atoms with Crippen molar-refractivity contribution in [3.63, 3.8) is 0 Å². The minimum absolute atomic E-state index is 0.203. The van der Waals surface area contributed by atoms with Crippen LogP contribution in [0.25, 0.3) is 0 Å². The van der Waals surface area contributed by atoms with Gasteiger partial charge in [0.25, 0.3) is 0 Å². The summed E-state index contributed by atoms with van der Waals surface area (Å²) in [6.07, 6.45) is 2.04. The molecule has 1 heterocycles. The highest BCUT2D eigenvalue weighted by atomic mass is 32.2. The van der Waals surface area contributed by atoms with Crippen molar-refractivity contribution in [2.75, 3.05) is 24.3 Å². The predicted octanol–water partition coefficient (Wildman–Crippen LogP) is 3.09. The minimum Gasteiger partial charge on any atom is -0.478 e. The molecule has 0 aromatic heterocycles. The SMILES string of the molecule is CCSc1cccc(NC2CCCOC2)c1C(=O)O. The lowest BCUT2D eigenvalue weighted by Crippen LogP contribution is -2.30. The van der Waals surface area contributed by atoms with Gasteiger partial charge in [-0.25, -0.2) is 4.79 Å². The average molecular weight is 281 g/mol.